The van der Waals surface area contributed by atoms with Gasteiger partial charge in [-0.2, -0.15) is 0 Å². The van der Waals surface area contributed by atoms with Crippen molar-refractivity contribution in [3.8, 4) is 0 Å². The number of benzene rings is 3. The van der Waals surface area contributed by atoms with E-state index in [-0.39, 0.29) is 41.5 Å². The molecule has 0 aliphatic carbocycles. The number of fused-ring (bicyclic) bond motifs is 1. The number of carbonyl (C=O) groups excluding carboxylic acids is 1. The molecular weight excluding hydrogens is 359 g/mol. The smallest absolute Gasteiger partial charge is 0.548 e. The van der Waals surface area contributed by atoms with Crippen LogP contribution in [0.4, 0.5) is 8.78 Å². The Morgan fingerprint density at radius 3 is 2.41 bits per heavy atom. The van der Waals surface area contributed by atoms with Gasteiger partial charge in [-0.25, -0.2) is 8.78 Å². The van der Waals surface area contributed by atoms with Crippen molar-refractivity contribution in [2.24, 2.45) is 5.73 Å². The van der Waals surface area contributed by atoms with E-state index in [2.05, 4.69) is 0 Å². The van der Waals surface area contributed by atoms with Gasteiger partial charge in [0.1, 0.15) is 11.6 Å². The molecule has 27 heavy (non-hydrogen) atoms. The van der Waals surface area contributed by atoms with E-state index in [1.807, 2.05) is 42.5 Å². The van der Waals surface area contributed by atoms with Gasteiger partial charge in [0.05, 0.1) is 5.97 Å². The monoisotopic (exact) mass is 375 g/mol. The van der Waals surface area contributed by atoms with Gasteiger partial charge in [0.25, 0.3) is 0 Å². The number of halogens is 2. The molecule has 0 amide bonds. The number of rotatable bonds is 5. The van der Waals surface area contributed by atoms with Crippen molar-refractivity contribution in [2.45, 2.75) is 12.5 Å². The van der Waals surface area contributed by atoms with Gasteiger partial charge in [-0.05, 0) is 46.5 Å². The molecular formula is C21H16F2NNaO2. The zero-order chi connectivity index (χ0) is 18.7. The van der Waals surface area contributed by atoms with E-state index >= 15 is 0 Å². The minimum Gasteiger partial charge on any atom is -0.548 e. The Bertz CT molecular complexity index is 1000. The number of aliphatic carboxylic acids is 1. The molecule has 6 heteroatoms. The maximum atomic E-state index is 14.3. The van der Waals surface area contributed by atoms with E-state index in [4.69, 9.17) is 5.73 Å². The molecule has 0 saturated carbocycles. The summed E-state index contributed by atoms with van der Waals surface area (Å²) in [4.78, 5) is 10.9. The van der Waals surface area contributed by atoms with E-state index in [1.165, 1.54) is 6.07 Å². The molecule has 3 aromatic carbocycles. The second kappa shape index (κ2) is 9.24. The van der Waals surface area contributed by atoms with Crippen LogP contribution in [0.3, 0.4) is 0 Å². The predicted octanol–water partition coefficient (Wildman–Crippen LogP) is 0.0210. The quantitative estimate of drug-likeness (QED) is 0.640. The second-order valence-corrected chi connectivity index (χ2v) is 5.97. The molecule has 3 rings (SSSR count). The van der Waals surface area contributed by atoms with Gasteiger partial charge < -0.3 is 15.6 Å². The summed E-state index contributed by atoms with van der Waals surface area (Å²) in [7, 11) is 0. The van der Waals surface area contributed by atoms with Crippen LogP contribution in [-0.4, -0.2) is 12.0 Å². The Morgan fingerprint density at radius 2 is 1.74 bits per heavy atom. The fraction of sp³-hybridized carbons (Fsp3) is 0.0952. The topological polar surface area (TPSA) is 66.2 Å². The molecule has 0 saturated heterocycles. The first-order valence-corrected chi connectivity index (χ1v) is 8.07. The third-order valence-corrected chi connectivity index (χ3v) is 4.16. The van der Waals surface area contributed by atoms with E-state index in [0.717, 1.165) is 22.9 Å². The van der Waals surface area contributed by atoms with Crippen molar-refractivity contribution in [1.29, 1.82) is 0 Å². The van der Waals surface area contributed by atoms with Gasteiger partial charge in [-0.15, -0.1) is 0 Å². The molecule has 2 N–H and O–H groups in total. The maximum Gasteiger partial charge on any atom is 1.00 e. The van der Waals surface area contributed by atoms with Crippen molar-refractivity contribution in [3.63, 3.8) is 0 Å². The summed E-state index contributed by atoms with van der Waals surface area (Å²) < 4.78 is 27.6. The number of hydrogen-bond donors (Lipinski definition) is 1. The summed E-state index contributed by atoms with van der Waals surface area (Å²) in [6, 6.07) is 15.3. The van der Waals surface area contributed by atoms with E-state index < -0.39 is 23.6 Å². The van der Waals surface area contributed by atoms with Crippen LogP contribution in [0.1, 0.15) is 17.5 Å². The summed E-state index contributed by atoms with van der Waals surface area (Å²) in [5.41, 5.74) is 6.82. The molecule has 0 fully saturated rings. The van der Waals surface area contributed by atoms with Crippen LogP contribution in [0.25, 0.3) is 16.3 Å². The van der Waals surface area contributed by atoms with Crippen LogP contribution in [0.5, 0.6) is 0 Å². The zero-order valence-corrected chi connectivity index (χ0v) is 16.8. The standard InChI is InChI=1S/C21H17F2NO2.Na/c22-16-7-8-18(19(23)12-16)17(9-10-20(24)21(25)26)15-6-5-13-3-1-2-4-14(13)11-15;/h1-9,11-12,20H,10,24H2,(H,25,26);/q;+1/p-1. The number of carbonyl (C=O) groups is 1. The first-order chi connectivity index (χ1) is 12.5. The fourth-order valence-corrected chi connectivity index (χ4v) is 2.79. The van der Waals surface area contributed by atoms with Gasteiger partial charge in [0.15, 0.2) is 0 Å². The average molecular weight is 375 g/mol. The molecule has 3 nitrogen and oxygen atoms in total. The van der Waals surface area contributed by atoms with Gasteiger partial charge in [0, 0.05) is 17.7 Å². The normalized spacial score (nSPS) is 12.5. The summed E-state index contributed by atoms with van der Waals surface area (Å²) in [6.45, 7) is 0. The van der Waals surface area contributed by atoms with Crippen LogP contribution in [0.2, 0.25) is 0 Å². The van der Waals surface area contributed by atoms with Crippen LogP contribution >= 0.6 is 0 Å². The minimum absolute atomic E-state index is 0. The summed E-state index contributed by atoms with van der Waals surface area (Å²) in [5.74, 6) is -2.80. The number of carboxylic acid groups (broad SMARTS) is 1. The van der Waals surface area contributed by atoms with Gasteiger partial charge >= 0.3 is 29.6 Å². The van der Waals surface area contributed by atoms with Gasteiger partial charge in [0.2, 0.25) is 0 Å². The van der Waals surface area contributed by atoms with Crippen molar-refractivity contribution >= 4 is 22.3 Å². The molecule has 1 unspecified atom stereocenters. The van der Waals surface area contributed by atoms with Crippen molar-refractivity contribution in [2.75, 3.05) is 0 Å². The van der Waals surface area contributed by atoms with E-state index in [0.29, 0.717) is 11.1 Å². The molecule has 0 aromatic heterocycles. The van der Waals surface area contributed by atoms with E-state index in [1.54, 1.807) is 6.08 Å². The Labute approximate surface area is 177 Å². The first kappa shape index (κ1) is 21.3. The Hall–Kier alpha value is -2.05. The molecule has 0 bridgehead atoms. The molecule has 3 aromatic rings. The summed E-state index contributed by atoms with van der Waals surface area (Å²) in [6.07, 6.45) is 1.50. The van der Waals surface area contributed by atoms with Crippen molar-refractivity contribution in [3.05, 3.63) is 89.5 Å². The van der Waals surface area contributed by atoms with Crippen LogP contribution in [0.15, 0.2) is 66.7 Å². The molecule has 0 aliphatic rings. The van der Waals surface area contributed by atoms with Crippen LogP contribution in [0, 0.1) is 11.6 Å². The Kier molecular flexibility index (Phi) is 7.27. The Balaban J connectivity index is 0.00000261. The van der Waals surface area contributed by atoms with Crippen molar-refractivity contribution in [1.82, 2.24) is 0 Å². The number of nitrogens with two attached hydrogens (primary N) is 1. The fourth-order valence-electron chi connectivity index (χ4n) is 2.79. The molecule has 0 heterocycles. The molecule has 132 valence electrons. The second-order valence-electron chi connectivity index (χ2n) is 5.97. The summed E-state index contributed by atoms with van der Waals surface area (Å²) >= 11 is 0. The SMILES string of the molecule is NC(CC=C(c1ccc2ccccc2c1)c1ccc(F)cc1F)C(=O)[O-].[Na+]. The molecule has 0 radical (unpaired) electrons. The largest absolute Gasteiger partial charge is 1.00 e. The molecule has 0 aliphatic heterocycles. The maximum absolute atomic E-state index is 14.3. The van der Waals surface area contributed by atoms with Crippen molar-refractivity contribution < 1.29 is 48.2 Å². The number of hydrogen-bond acceptors (Lipinski definition) is 3. The average Bonchev–Trinajstić information content (AvgIpc) is 2.62. The van der Waals surface area contributed by atoms with Crippen LogP contribution in [-0.2, 0) is 4.79 Å². The zero-order valence-electron chi connectivity index (χ0n) is 14.8. The third kappa shape index (κ3) is 5.02. The van der Waals surface area contributed by atoms with Crippen LogP contribution < -0.4 is 40.4 Å². The Morgan fingerprint density at radius 1 is 1.04 bits per heavy atom. The van der Waals surface area contributed by atoms with E-state index in [9.17, 15) is 18.7 Å². The molecule has 1 atom stereocenters. The van der Waals surface area contributed by atoms with Gasteiger partial charge in [-0.1, -0.05) is 42.5 Å². The predicted molar refractivity (Wildman–Crippen MR) is 95.0 cm³/mol. The van der Waals surface area contributed by atoms with Gasteiger partial charge in [-0.3, -0.25) is 0 Å². The third-order valence-electron chi connectivity index (χ3n) is 4.16. The first-order valence-electron chi connectivity index (χ1n) is 8.07. The number of carboxylic acids is 1. The summed E-state index contributed by atoms with van der Waals surface area (Å²) in [5, 5.41) is 12.8. The molecule has 0 spiro atoms. The minimum atomic E-state index is -1.39.